The number of benzene rings is 1. The minimum absolute atomic E-state index is 0.0188. The fourth-order valence-electron chi connectivity index (χ4n) is 2.71. The SMILES string of the molecule is C=C(CCNC(=O)COc1ccc(Cl)c(F)c1)NC(=O)c1cnc2c(c1)CCN2. The molecule has 2 aromatic rings. The number of halogens is 2. The molecule has 0 unspecified atom stereocenters. The van der Waals surface area contributed by atoms with Gasteiger partial charge in [-0.05, 0) is 30.2 Å². The molecule has 2 heterocycles. The first-order valence-corrected chi connectivity index (χ1v) is 9.36. The van der Waals surface area contributed by atoms with Crippen LogP contribution < -0.4 is 20.7 Å². The van der Waals surface area contributed by atoms with Gasteiger partial charge in [0.05, 0.1) is 10.6 Å². The predicted octanol–water partition coefficient (Wildman–Crippen LogP) is 2.67. The Morgan fingerprint density at radius 2 is 2.17 bits per heavy atom. The lowest BCUT2D eigenvalue weighted by Crippen LogP contribution is -2.31. The van der Waals surface area contributed by atoms with Gasteiger partial charge in [0.25, 0.3) is 11.8 Å². The first-order chi connectivity index (χ1) is 13.9. The van der Waals surface area contributed by atoms with Crippen molar-refractivity contribution in [2.45, 2.75) is 12.8 Å². The molecule has 152 valence electrons. The summed E-state index contributed by atoms with van der Waals surface area (Å²) in [5.41, 5.74) is 1.94. The summed E-state index contributed by atoms with van der Waals surface area (Å²) in [5, 5.41) is 8.46. The van der Waals surface area contributed by atoms with Crippen molar-refractivity contribution in [3.63, 3.8) is 0 Å². The number of nitrogens with zero attached hydrogens (tertiary/aromatic N) is 1. The highest BCUT2D eigenvalue weighted by Gasteiger charge is 2.15. The molecule has 7 nitrogen and oxygen atoms in total. The van der Waals surface area contributed by atoms with Crippen LogP contribution in [0.5, 0.6) is 5.75 Å². The minimum atomic E-state index is -0.619. The van der Waals surface area contributed by atoms with Gasteiger partial charge in [-0.2, -0.15) is 0 Å². The van der Waals surface area contributed by atoms with Crippen molar-refractivity contribution in [3.05, 3.63) is 64.7 Å². The Balaban J connectivity index is 1.37. The third-order valence-corrected chi connectivity index (χ3v) is 4.52. The molecule has 0 spiro atoms. The van der Waals surface area contributed by atoms with Crippen molar-refractivity contribution >= 4 is 29.2 Å². The Morgan fingerprint density at radius 1 is 1.34 bits per heavy atom. The van der Waals surface area contributed by atoms with Crippen LogP contribution in [0.15, 0.2) is 42.7 Å². The summed E-state index contributed by atoms with van der Waals surface area (Å²) >= 11 is 5.59. The number of amides is 2. The quantitative estimate of drug-likeness (QED) is 0.613. The van der Waals surface area contributed by atoms with E-state index in [0.717, 1.165) is 30.4 Å². The molecule has 3 rings (SSSR count). The second-order valence-corrected chi connectivity index (χ2v) is 6.84. The van der Waals surface area contributed by atoms with Gasteiger partial charge in [0, 0.05) is 37.5 Å². The van der Waals surface area contributed by atoms with Gasteiger partial charge in [0.2, 0.25) is 0 Å². The number of nitrogens with one attached hydrogen (secondary N) is 3. The van der Waals surface area contributed by atoms with Gasteiger partial charge in [-0.15, -0.1) is 0 Å². The normalized spacial score (nSPS) is 11.9. The van der Waals surface area contributed by atoms with Crippen LogP contribution in [-0.4, -0.2) is 36.5 Å². The number of aromatic nitrogens is 1. The molecule has 0 atom stereocenters. The zero-order chi connectivity index (χ0) is 20.8. The van der Waals surface area contributed by atoms with Gasteiger partial charge < -0.3 is 20.7 Å². The summed E-state index contributed by atoms with van der Waals surface area (Å²) < 4.78 is 18.5. The van der Waals surface area contributed by atoms with Crippen LogP contribution in [0.1, 0.15) is 22.3 Å². The molecule has 1 aliphatic heterocycles. The predicted molar refractivity (Wildman–Crippen MR) is 108 cm³/mol. The van der Waals surface area contributed by atoms with Crippen molar-refractivity contribution in [2.75, 3.05) is 25.0 Å². The molecular weight excluding hydrogens is 399 g/mol. The van der Waals surface area contributed by atoms with E-state index < -0.39 is 5.82 Å². The van der Waals surface area contributed by atoms with Crippen LogP contribution in [-0.2, 0) is 11.2 Å². The van der Waals surface area contributed by atoms with Gasteiger partial charge >= 0.3 is 0 Å². The van der Waals surface area contributed by atoms with Crippen molar-refractivity contribution in [3.8, 4) is 5.75 Å². The summed E-state index contributed by atoms with van der Waals surface area (Å²) in [4.78, 5) is 28.3. The van der Waals surface area contributed by atoms with Crippen molar-refractivity contribution in [1.29, 1.82) is 0 Å². The number of rotatable bonds is 8. The van der Waals surface area contributed by atoms with E-state index in [9.17, 15) is 14.0 Å². The highest BCUT2D eigenvalue weighted by molar-refractivity contribution is 6.30. The lowest BCUT2D eigenvalue weighted by Gasteiger charge is -2.11. The van der Waals surface area contributed by atoms with Gasteiger partial charge in [-0.1, -0.05) is 18.2 Å². The molecular formula is C20H20ClFN4O3. The summed E-state index contributed by atoms with van der Waals surface area (Å²) in [7, 11) is 0. The Kier molecular flexibility index (Phi) is 6.66. The fourth-order valence-corrected chi connectivity index (χ4v) is 2.83. The number of ether oxygens (including phenoxy) is 1. The molecule has 9 heteroatoms. The molecule has 2 amide bonds. The van der Waals surface area contributed by atoms with Crippen LogP contribution in [0, 0.1) is 5.82 Å². The number of carbonyl (C=O) groups excluding carboxylic acids is 2. The second-order valence-electron chi connectivity index (χ2n) is 6.43. The number of anilines is 1. The highest BCUT2D eigenvalue weighted by Crippen LogP contribution is 2.21. The van der Waals surface area contributed by atoms with Crippen molar-refractivity contribution < 1.29 is 18.7 Å². The average Bonchev–Trinajstić information content (AvgIpc) is 3.16. The van der Waals surface area contributed by atoms with Crippen molar-refractivity contribution in [1.82, 2.24) is 15.6 Å². The second kappa shape index (κ2) is 9.38. The van der Waals surface area contributed by atoms with E-state index in [4.69, 9.17) is 16.3 Å². The van der Waals surface area contributed by atoms with E-state index in [-0.39, 0.29) is 35.7 Å². The molecule has 29 heavy (non-hydrogen) atoms. The van der Waals surface area contributed by atoms with Crippen LogP contribution in [0.25, 0.3) is 0 Å². The standard InChI is InChI=1S/C20H20ClFN4O3/c1-12(26-20(28)14-8-13-5-7-24-19(13)25-10-14)4-6-23-18(27)11-29-15-2-3-16(21)17(22)9-15/h2-3,8-10H,1,4-7,11H2,(H,23,27)(H,24,25)(H,26,28). The Hall–Kier alpha value is -3.13. The zero-order valence-electron chi connectivity index (χ0n) is 15.6. The molecule has 0 radical (unpaired) electrons. The summed E-state index contributed by atoms with van der Waals surface area (Å²) in [6, 6.07) is 5.74. The molecule has 1 aromatic carbocycles. The van der Waals surface area contributed by atoms with Gasteiger partial charge in [-0.25, -0.2) is 9.37 Å². The number of hydrogen-bond donors (Lipinski definition) is 3. The van der Waals surface area contributed by atoms with E-state index in [0.29, 0.717) is 17.7 Å². The smallest absolute Gasteiger partial charge is 0.257 e. The van der Waals surface area contributed by atoms with Gasteiger partial charge in [0.15, 0.2) is 6.61 Å². The zero-order valence-corrected chi connectivity index (χ0v) is 16.3. The number of pyridine rings is 1. The molecule has 1 aromatic heterocycles. The van der Waals surface area contributed by atoms with Gasteiger partial charge in [-0.3, -0.25) is 9.59 Å². The van der Waals surface area contributed by atoms with Crippen LogP contribution in [0.4, 0.5) is 10.2 Å². The number of fused-ring (bicyclic) bond motifs is 1. The Labute approximate surface area is 172 Å². The molecule has 0 bridgehead atoms. The maximum absolute atomic E-state index is 13.3. The van der Waals surface area contributed by atoms with E-state index >= 15 is 0 Å². The molecule has 0 fully saturated rings. The van der Waals surface area contributed by atoms with Crippen LogP contribution >= 0.6 is 11.6 Å². The molecule has 0 saturated heterocycles. The van der Waals surface area contributed by atoms with Crippen LogP contribution in [0.2, 0.25) is 5.02 Å². The van der Waals surface area contributed by atoms with E-state index in [1.165, 1.54) is 18.3 Å². The van der Waals surface area contributed by atoms with E-state index in [1.807, 2.05) is 6.07 Å². The molecule has 1 aliphatic rings. The summed E-state index contributed by atoms with van der Waals surface area (Å²) in [5.74, 6) is -0.276. The third kappa shape index (κ3) is 5.68. The largest absolute Gasteiger partial charge is 0.484 e. The molecule has 0 saturated carbocycles. The minimum Gasteiger partial charge on any atom is -0.484 e. The first kappa shape index (κ1) is 20.6. The van der Waals surface area contributed by atoms with E-state index in [2.05, 4.69) is 27.5 Å². The lowest BCUT2D eigenvalue weighted by molar-refractivity contribution is -0.123. The number of carbonyl (C=O) groups is 2. The van der Waals surface area contributed by atoms with Crippen molar-refractivity contribution in [2.24, 2.45) is 0 Å². The van der Waals surface area contributed by atoms with E-state index in [1.54, 1.807) is 0 Å². The highest BCUT2D eigenvalue weighted by atomic mass is 35.5. The topological polar surface area (TPSA) is 92.4 Å². The maximum Gasteiger partial charge on any atom is 0.257 e. The average molecular weight is 419 g/mol. The molecule has 0 aliphatic carbocycles. The molecule has 3 N–H and O–H groups in total. The fraction of sp³-hybridized carbons (Fsp3) is 0.250. The Bertz CT molecular complexity index is 951. The monoisotopic (exact) mass is 418 g/mol. The maximum atomic E-state index is 13.3. The third-order valence-electron chi connectivity index (χ3n) is 4.22. The number of hydrogen-bond acceptors (Lipinski definition) is 5. The first-order valence-electron chi connectivity index (χ1n) is 8.99. The summed E-state index contributed by atoms with van der Waals surface area (Å²) in [6.45, 7) is 4.61. The lowest BCUT2D eigenvalue weighted by atomic mass is 10.1. The van der Waals surface area contributed by atoms with Gasteiger partial charge in [0.1, 0.15) is 17.4 Å². The van der Waals surface area contributed by atoms with Crippen LogP contribution in [0.3, 0.4) is 0 Å². The summed E-state index contributed by atoms with van der Waals surface area (Å²) in [6.07, 6.45) is 2.70. The Morgan fingerprint density at radius 3 is 2.97 bits per heavy atom.